The molecule has 0 aliphatic carbocycles. The first kappa shape index (κ1) is 29.3. The lowest BCUT2D eigenvalue weighted by molar-refractivity contribution is -0.367. The van der Waals surface area contributed by atoms with Crippen LogP contribution >= 0.6 is 0 Å². The highest BCUT2D eigenvalue weighted by atomic mass is 16.8. The lowest BCUT2D eigenvalue weighted by Gasteiger charge is -2.45. The van der Waals surface area contributed by atoms with Crippen molar-refractivity contribution in [1.82, 2.24) is 0 Å². The highest BCUT2D eigenvalue weighted by molar-refractivity contribution is 5.66. The largest absolute Gasteiger partial charge is 0.481 e. The molecule has 2 aliphatic rings. The number of ether oxygens (including phenoxy) is 4. The van der Waals surface area contributed by atoms with Gasteiger partial charge in [0.1, 0.15) is 48.8 Å². The summed E-state index contributed by atoms with van der Waals surface area (Å²) in [5.41, 5.74) is 0. The maximum Gasteiger partial charge on any atom is 0.303 e. The molecule has 13 nitrogen and oxygen atoms in total. The second kappa shape index (κ2) is 14.6. The Labute approximate surface area is 197 Å². The molecule has 0 radical (unpaired) electrons. The Morgan fingerprint density at radius 1 is 0.676 bits per heavy atom. The highest BCUT2D eigenvalue weighted by Gasteiger charge is 2.50. The topological polar surface area (TPSA) is 216 Å². The monoisotopic (exact) mass is 498 g/mol. The number of hydrogen-bond donors (Lipinski definition) is 8. The third-order valence-electron chi connectivity index (χ3n) is 6.03. The van der Waals surface area contributed by atoms with Gasteiger partial charge in [0, 0.05) is 13.0 Å². The van der Waals surface area contributed by atoms with E-state index in [9.17, 15) is 40.5 Å². The summed E-state index contributed by atoms with van der Waals surface area (Å²) in [5.74, 6) is -0.810. The van der Waals surface area contributed by atoms with E-state index in [0.717, 1.165) is 25.7 Å². The number of rotatable bonds is 14. The molecule has 10 unspecified atom stereocenters. The van der Waals surface area contributed by atoms with E-state index in [1.165, 1.54) is 0 Å². The van der Waals surface area contributed by atoms with Crippen molar-refractivity contribution in [3.63, 3.8) is 0 Å². The number of aliphatic carboxylic acids is 1. The molecule has 13 heteroatoms. The summed E-state index contributed by atoms with van der Waals surface area (Å²) in [4.78, 5) is 10.5. The fraction of sp³-hybridized carbons (Fsp3) is 0.952. The maximum absolute atomic E-state index is 10.5. The van der Waals surface area contributed by atoms with Crippen molar-refractivity contribution in [3.05, 3.63) is 0 Å². The second-order valence-electron chi connectivity index (χ2n) is 8.64. The Morgan fingerprint density at radius 3 is 1.79 bits per heavy atom. The van der Waals surface area contributed by atoms with Gasteiger partial charge in [0.2, 0.25) is 0 Å². The van der Waals surface area contributed by atoms with Crippen LogP contribution in [0.25, 0.3) is 0 Å². The predicted octanol–water partition coefficient (Wildman–Crippen LogP) is -2.56. The summed E-state index contributed by atoms with van der Waals surface area (Å²) in [6.45, 7) is -1.07. The number of aliphatic hydroxyl groups is 7. The van der Waals surface area contributed by atoms with E-state index in [1.54, 1.807) is 0 Å². The van der Waals surface area contributed by atoms with Gasteiger partial charge < -0.3 is 59.8 Å². The van der Waals surface area contributed by atoms with Gasteiger partial charge in [-0.3, -0.25) is 4.79 Å². The maximum atomic E-state index is 10.5. The summed E-state index contributed by atoms with van der Waals surface area (Å²) >= 11 is 0. The van der Waals surface area contributed by atoms with Crippen molar-refractivity contribution in [2.45, 2.75) is 106 Å². The third kappa shape index (κ3) is 8.03. The van der Waals surface area contributed by atoms with E-state index in [1.807, 2.05) is 0 Å². The first-order valence-corrected chi connectivity index (χ1v) is 11.6. The van der Waals surface area contributed by atoms with Gasteiger partial charge in [-0.15, -0.1) is 0 Å². The van der Waals surface area contributed by atoms with E-state index >= 15 is 0 Å². The average Bonchev–Trinajstić information content (AvgIpc) is 2.81. The first-order chi connectivity index (χ1) is 16.2. The van der Waals surface area contributed by atoms with Crippen LogP contribution in [0.3, 0.4) is 0 Å². The van der Waals surface area contributed by atoms with Gasteiger partial charge >= 0.3 is 5.97 Å². The molecule has 0 aromatic rings. The van der Waals surface area contributed by atoms with E-state index in [2.05, 4.69) is 0 Å². The van der Waals surface area contributed by atoms with Crippen LogP contribution in [0.5, 0.6) is 0 Å². The predicted molar refractivity (Wildman–Crippen MR) is 112 cm³/mol. The van der Waals surface area contributed by atoms with Gasteiger partial charge in [-0.05, 0) is 12.8 Å². The van der Waals surface area contributed by atoms with Crippen LogP contribution in [0.15, 0.2) is 0 Å². The van der Waals surface area contributed by atoms with E-state index in [0.29, 0.717) is 12.8 Å². The zero-order valence-corrected chi connectivity index (χ0v) is 19.0. The molecule has 2 heterocycles. The van der Waals surface area contributed by atoms with Crippen LogP contribution in [0.4, 0.5) is 0 Å². The third-order valence-corrected chi connectivity index (χ3v) is 6.03. The number of carboxylic acids is 1. The van der Waals surface area contributed by atoms with Crippen molar-refractivity contribution in [2.24, 2.45) is 0 Å². The normalized spacial score (nSPS) is 38.7. The highest BCUT2D eigenvalue weighted by Crippen LogP contribution is 2.29. The van der Waals surface area contributed by atoms with Crippen LogP contribution < -0.4 is 0 Å². The van der Waals surface area contributed by atoms with E-state index < -0.39 is 80.6 Å². The summed E-state index contributed by atoms with van der Waals surface area (Å²) in [6.07, 6.45) is -9.96. The Bertz CT molecular complexity index is 591. The molecular weight excluding hydrogens is 460 g/mol. The van der Waals surface area contributed by atoms with Crippen LogP contribution in [0, 0.1) is 0 Å². The molecule has 10 atom stereocenters. The smallest absolute Gasteiger partial charge is 0.303 e. The molecule has 2 aliphatic heterocycles. The van der Waals surface area contributed by atoms with Gasteiger partial charge in [0.05, 0.1) is 13.2 Å². The van der Waals surface area contributed by atoms with Gasteiger partial charge in [-0.1, -0.05) is 25.7 Å². The zero-order chi connectivity index (χ0) is 25.3. The molecule has 0 amide bonds. The molecule has 8 N–H and O–H groups in total. The van der Waals surface area contributed by atoms with Crippen LogP contribution in [-0.4, -0.2) is 128 Å². The van der Waals surface area contributed by atoms with Gasteiger partial charge in [0.15, 0.2) is 12.6 Å². The first-order valence-electron chi connectivity index (χ1n) is 11.6. The molecule has 0 spiro atoms. The SMILES string of the molecule is O=C(O)CCCCCCCCOC1OC(CO)C(O)C(O)C1OC1OC(CO)C(O)C(O)C1O. The number of aliphatic hydroxyl groups excluding tert-OH is 7. The van der Waals surface area contributed by atoms with Crippen LogP contribution in [-0.2, 0) is 23.7 Å². The number of carbonyl (C=O) groups is 1. The number of hydrogen-bond acceptors (Lipinski definition) is 12. The van der Waals surface area contributed by atoms with Crippen molar-refractivity contribution in [2.75, 3.05) is 19.8 Å². The molecule has 2 saturated heterocycles. The molecule has 0 aromatic heterocycles. The Morgan fingerprint density at radius 2 is 1.21 bits per heavy atom. The quantitative estimate of drug-likeness (QED) is 0.116. The number of carboxylic acid groups (broad SMARTS) is 1. The van der Waals surface area contributed by atoms with Crippen LogP contribution in [0.2, 0.25) is 0 Å². The summed E-state index contributed by atoms with van der Waals surface area (Å²) in [6, 6.07) is 0. The van der Waals surface area contributed by atoms with Crippen molar-refractivity contribution in [1.29, 1.82) is 0 Å². The van der Waals surface area contributed by atoms with Crippen molar-refractivity contribution >= 4 is 5.97 Å². The van der Waals surface area contributed by atoms with Gasteiger partial charge in [-0.25, -0.2) is 0 Å². The molecule has 0 saturated carbocycles. The van der Waals surface area contributed by atoms with Crippen LogP contribution in [0.1, 0.15) is 44.9 Å². The molecule has 2 fully saturated rings. The molecule has 0 bridgehead atoms. The Hall–Kier alpha value is -0.970. The average molecular weight is 499 g/mol. The van der Waals surface area contributed by atoms with E-state index in [4.69, 9.17) is 24.1 Å². The molecule has 34 heavy (non-hydrogen) atoms. The summed E-state index contributed by atoms with van der Waals surface area (Å²) in [5, 5.41) is 78.2. The Kier molecular flexibility index (Phi) is 12.5. The lowest BCUT2D eigenvalue weighted by Crippen LogP contribution is -2.64. The van der Waals surface area contributed by atoms with E-state index in [-0.39, 0.29) is 13.0 Å². The lowest BCUT2D eigenvalue weighted by atomic mass is 9.97. The summed E-state index contributed by atoms with van der Waals surface area (Å²) in [7, 11) is 0. The summed E-state index contributed by atoms with van der Waals surface area (Å²) < 4.78 is 22.1. The van der Waals surface area contributed by atoms with Crippen molar-refractivity contribution in [3.8, 4) is 0 Å². The van der Waals surface area contributed by atoms with Crippen molar-refractivity contribution < 1.29 is 64.6 Å². The molecule has 200 valence electrons. The van der Waals surface area contributed by atoms with Gasteiger partial charge in [0.25, 0.3) is 0 Å². The Balaban J connectivity index is 1.89. The molecule has 2 rings (SSSR count). The second-order valence-corrected chi connectivity index (χ2v) is 8.64. The minimum absolute atomic E-state index is 0.151. The van der Waals surface area contributed by atoms with Gasteiger partial charge in [-0.2, -0.15) is 0 Å². The number of unbranched alkanes of at least 4 members (excludes halogenated alkanes) is 5. The minimum Gasteiger partial charge on any atom is -0.481 e. The molecule has 0 aromatic carbocycles. The fourth-order valence-electron chi connectivity index (χ4n) is 3.95. The molecular formula is C21H38O13. The zero-order valence-electron chi connectivity index (χ0n) is 19.0. The standard InChI is InChI=1S/C21H38O13/c22-9-11-14(26)16(28)18(30)20(32-11)34-19-17(29)15(27)12(10-23)33-21(19)31-8-6-4-2-1-3-5-7-13(24)25/h11-12,14-23,26-30H,1-10H2,(H,24,25). The fourth-order valence-corrected chi connectivity index (χ4v) is 3.95. The minimum atomic E-state index is -1.72.